The Kier molecular flexibility index (Phi) is 3.93. The summed E-state index contributed by atoms with van der Waals surface area (Å²) in [5.74, 6) is 0. The molecule has 2 N–H and O–H groups in total. The van der Waals surface area contributed by atoms with Gasteiger partial charge < -0.3 is 0 Å². The quantitative estimate of drug-likeness (QED) is 0.577. The summed E-state index contributed by atoms with van der Waals surface area (Å²) >= 11 is 0. The summed E-state index contributed by atoms with van der Waals surface area (Å²) < 4.78 is 28.1. The van der Waals surface area contributed by atoms with Gasteiger partial charge in [-0.3, -0.25) is 9.82 Å². The van der Waals surface area contributed by atoms with Crippen LogP contribution >= 0.6 is 0 Å². The number of nitrogens with one attached hydrogen (secondary N) is 2. The van der Waals surface area contributed by atoms with E-state index in [4.69, 9.17) is 0 Å². The number of hydrogen-bond donors (Lipinski definition) is 2. The number of aromatic nitrogens is 3. The lowest BCUT2D eigenvalue weighted by molar-refractivity contribution is 0.601. The van der Waals surface area contributed by atoms with E-state index in [0.29, 0.717) is 11.3 Å². The number of benzene rings is 2. The van der Waals surface area contributed by atoms with Gasteiger partial charge >= 0.3 is 0 Å². The van der Waals surface area contributed by atoms with Crippen LogP contribution in [0.5, 0.6) is 0 Å². The molecule has 2 heterocycles. The van der Waals surface area contributed by atoms with E-state index in [1.807, 2.05) is 31.2 Å². The zero-order valence-corrected chi connectivity index (χ0v) is 14.8. The molecule has 7 heteroatoms. The highest BCUT2D eigenvalue weighted by molar-refractivity contribution is 7.92. The van der Waals surface area contributed by atoms with Crippen molar-refractivity contribution >= 4 is 26.7 Å². The predicted octanol–water partition coefficient (Wildman–Crippen LogP) is 3.73. The third-order valence-corrected chi connectivity index (χ3v) is 5.42. The number of sulfonamides is 1. The van der Waals surface area contributed by atoms with Gasteiger partial charge in [0, 0.05) is 22.8 Å². The average molecular weight is 364 g/mol. The maximum absolute atomic E-state index is 12.7. The van der Waals surface area contributed by atoms with Crippen molar-refractivity contribution in [3.8, 4) is 11.1 Å². The summed E-state index contributed by atoms with van der Waals surface area (Å²) in [5.41, 5.74) is 3.81. The maximum atomic E-state index is 12.7. The van der Waals surface area contributed by atoms with Crippen LogP contribution in [0.15, 0.2) is 71.9 Å². The molecule has 0 unspecified atom stereocenters. The first-order valence-corrected chi connectivity index (χ1v) is 9.49. The van der Waals surface area contributed by atoms with Gasteiger partial charge in [0.1, 0.15) is 0 Å². The number of pyridine rings is 1. The van der Waals surface area contributed by atoms with Crippen molar-refractivity contribution in [2.45, 2.75) is 11.8 Å². The number of fused-ring (bicyclic) bond motifs is 1. The topological polar surface area (TPSA) is 87.7 Å². The Morgan fingerprint density at radius 1 is 0.962 bits per heavy atom. The molecule has 0 saturated carbocycles. The van der Waals surface area contributed by atoms with Crippen molar-refractivity contribution in [1.82, 2.24) is 15.2 Å². The highest BCUT2D eigenvalue weighted by Crippen LogP contribution is 2.25. The lowest BCUT2D eigenvalue weighted by Gasteiger charge is -2.10. The van der Waals surface area contributed by atoms with Crippen LogP contribution in [0, 0.1) is 6.92 Å². The molecule has 0 amide bonds. The van der Waals surface area contributed by atoms with E-state index >= 15 is 0 Å². The van der Waals surface area contributed by atoms with Gasteiger partial charge in [0.05, 0.1) is 11.1 Å². The fourth-order valence-corrected chi connectivity index (χ4v) is 3.85. The largest absolute Gasteiger partial charge is 0.280 e. The van der Waals surface area contributed by atoms with Gasteiger partial charge in [0.25, 0.3) is 10.0 Å². The molecule has 0 radical (unpaired) electrons. The van der Waals surface area contributed by atoms with E-state index < -0.39 is 10.0 Å². The smallest absolute Gasteiger partial charge is 0.261 e. The first kappa shape index (κ1) is 16.3. The Morgan fingerprint density at radius 3 is 2.65 bits per heavy atom. The molecule has 4 rings (SSSR count). The Morgan fingerprint density at radius 2 is 1.81 bits per heavy atom. The molecular formula is C19H16N4O2S. The Balaban J connectivity index is 1.70. The second-order valence-electron chi connectivity index (χ2n) is 6.03. The molecule has 0 atom stereocenters. The van der Waals surface area contributed by atoms with Crippen molar-refractivity contribution in [3.63, 3.8) is 0 Å². The van der Waals surface area contributed by atoms with Gasteiger partial charge in [0.2, 0.25) is 0 Å². The predicted molar refractivity (Wildman–Crippen MR) is 101 cm³/mol. The molecule has 0 bridgehead atoms. The molecule has 130 valence electrons. The standard InChI is InChI=1S/C19H16N4O2S/c1-13-4-2-6-17(8-13)23-26(24,25)18-7-3-5-14(10-18)15-9-16-12-21-22-19(16)20-11-15/h2-12,23H,1H3,(H,20,21,22). The van der Waals surface area contributed by atoms with Gasteiger partial charge in [-0.05, 0) is 48.4 Å². The highest BCUT2D eigenvalue weighted by atomic mass is 32.2. The summed E-state index contributed by atoms with van der Waals surface area (Å²) in [5, 5.41) is 7.62. The van der Waals surface area contributed by atoms with Crippen LogP contribution in [0.1, 0.15) is 5.56 Å². The SMILES string of the molecule is Cc1cccc(NS(=O)(=O)c2cccc(-c3cnc4[nH]ncc4c3)c2)c1. The Hall–Kier alpha value is -3.19. The van der Waals surface area contributed by atoms with E-state index in [0.717, 1.165) is 22.1 Å². The summed E-state index contributed by atoms with van der Waals surface area (Å²) in [4.78, 5) is 4.50. The summed E-state index contributed by atoms with van der Waals surface area (Å²) in [6.45, 7) is 1.91. The Labute approximate surface area is 151 Å². The van der Waals surface area contributed by atoms with E-state index in [9.17, 15) is 8.42 Å². The van der Waals surface area contributed by atoms with Crippen LogP contribution in [0.3, 0.4) is 0 Å². The molecule has 4 aromatic rings. The number of aryl methyl sites for hydroxylation is 1. The third-order valence-electron chi connectivity index (χ3n) is 4.04. The minimum atomic E-state index is -3.68. The van der Waals surface area contributed by atoms with Crippen molar-refractivity contribution < 1.29 is 8.42 Å². The second kappa shape index (κ2) is 6.27. The molecule has 0 saturated heterocycles. The molecular weight excluding hydrogens is 348 g/mol. The van der Waals surface area contributed by atoms with E-state index in [1.165, 1.54) is 0 Å². The van der Waals surface area contributed by atoms with Crippen LogP contribution in [0.4, 0.5) is 5.69 Å². The number of hydrogen-bond acceptors (Lipinski definition) is 4. The second-order valence-corrected chi connectivity index (χ2v) is 7.72. The first-order valence-electron chi connectivity index (χ1n) is 8.00. The zero-order chi connectivity index (χ0) is 18.1. The summed E-state index contributed by atoms with van der Waals surface area (Å²) in [6.07, 6.45) is 3.38. The zero-order valence-electron chi connectivity index (χ0n) is 14.0. The monoisotopic (exact) mass is 364 g/mol. The molecule has 0 spiro atoms. The fourth-order valence-electron chi connectivity index (χ4n) is 2.76. The highest BCUT2D eigenvalue weighted by Gasteiger charge is 2.15. The molecule has 0 aliphatic heterocycles. The van der Waals surface area contributed by atoms with E-state index in [-0.39, 0.29) is 4.90 Å². The van der Waals surface area contributed by atoms with Crippen LogP contribution < -0.4 is 4.72 Å². The van der Waals surface area contributed by atoms with E-state index in [1.54, 1.807) is 42.7 Å². The van der Waals surface area contributed by atoms with Crippen LogP contribution in [-0.4, -0.2) is 23.6 Å². The number of aromatic amines is 1. The van der Waals surface area contributed by atoms with Crippen molar-refractivity contribution in [2.24, 2.45) is 0 Å². The van der Waals surface area contributed by atoms with Gasteiger partial charge in [-0.25, -0.2) is 13.4 Å². The molecule has 0 aliphatic rings. The Bertz CT molecular complexity index is 1200. The third kappa shape index (κ3) is 3.16. The maximum Gasteiger partial charge on any atom is 0.261 e. The lowest BCUT2D eigenvalue weighted by Crippen LogP contribution is -2.13. The molecule has 0 fully saturated rings. The van der Waals surface area contributed by atoms with Gasteiger partial charge in [-0.1, -0.05) is 24.3 Å². The summed E-state index contributed by atoms with van der Waals surface area (Å²) in [6, 6.07) is 16.0. The van der Waals surface area contributed by atoms with Crippen molar-refractivity contribution in [2.75, 3.05) is 4.72 Å². The van der Waals surface area contributed by atoms with E-state index in [2.05, 4.69) is 19.9 Å². The molecule has 0 aliphatic carbocycles. The van der Waals surface area contributed by atoms with Crippen LogP contribution in [-0.2, 0) is 10.0 Å². The summed E-state index contributed by atoms with van der Waals surface area (Å²) in [7, 11) is -3.68. The molecule has 26 heavy (non-hydrogen) atoms. The van der Waals surface area contributed by atoms with Crippen LogP contribution in [0.2, 0.25) is 0 Å². The van der Waals surface area contributed by atoms with Crippen LogP contribution in [0.25, 0.3) is 22.2 Å². The van der Waals surface area contributed by atoms with Gasteiger partial charge in [-0.2, -0.15) is 5.10 Å². The molecule has 2 aromatic heterocycles. The minimum absolute atomic E-state index is 0.198. The lowest BCUT2D eigenvalue weighted by atomic mass is 10.1. The number of nitrogens with zero attached hydrogens (tertiary/aromatic N) is 2. The minimum Gasteiger partial charge on any atom is -0.280 e. The van der Waals surface area contributed by atoms with Crippen molar-refractivity contribution in [3.05, 3.63) is 72.6 Å². The number of rotatable bonds is 4. The molecule has 6 nitrogen and oxygen atoms in total. The average Bonchev–Trinajstić information content (AvgIpc) is 3.09. The first-order chi connectivity index (χ1) is 12.5. The van der Waals surface area contributed by atoms with Gasteiger partial charge in [0.15, 0.2) is 5.65 Å². The molecule has 2 aromatic carbocycles. The van der Waals surface area contributed by atoms with Crippen molar-refractivity contribution in [1.29, 1.82) is 0 Å². The van der Waals surface area contributed by atoms with Gasteiger partial charge in [-0.15, -0.1) is 0 Å². The number of H-pyrrole nitrogens is 1. The normalized spacial score (nSPS) is 11.6. The fraction of sp³-hybridized carbons (Fsp3) is 0.0526. The number of anilines is 1.